The van der Waals surface area contributed by atoms with Crippen molar-refractivity contribution in [2.24, 2.45) is 0 Å². The maximum Gasteiger partial charge on any atom is 0.339 e. The molecule has 0 aliphatic carbocycles. The highest BCUT2D eigenvalue weighted by molar-refractivity contribution is 7.87. The van der Waals surface area contributed by atoms with Gasteiger partial charge >= 0.3 is 10.1 Å². The van der Waals surface area contributed by atoms with Crippen molar-refractivity contribution >= 4 is 10.1 Å². The first-order valence-electron chi connectivity index (χ1n) is 10.0. The van der Waals surface area contributed by atoms with Crippen molar-refractivity contribution < 1.29 is 17.3 Å². The Morgan fingerprint density at radius 1 is 0.933 bits per heavy atom. The summed E-state index contributed by atoms with van der Waals surface area (Å²) >= 11 is 0. The van der Waals surface area contributed by atoms with Crippen LogP contribution in [-0.4, -0.2) is 33.0 Å². The quantitative estimate of drug-likeness (QED) is 0.543. The average Bonchev–Trinajstić information content (AvgIpc) is 2.80. The van der Waals surface area contributed by atoms with Crippen LogP contribution in [0.1, 0.15) is 30.2 Å². The minimum atomic E-state index is -3.84. The Morgan fingerprint density at radius 2 is 1.57 bits per heavy atom. The van der Waals surface area contributed by atoms with Crippen LogP contribution < -0.4 is 4.18 Å². The van der Waals surface area contributed by atoms with Crippen LogP contribution in [0.4, 0.5) is 0 Å². The molecular formula is C24H25NO4S. The summed E-state index contributed by atoms with van der Waals surface area (Å²) in [4.78, 5) is 2.54. The molecule has 156 valence electrons. The lowest BCUT2D eigenvalue weighted by Crippen LogP contribution is -2.39. The number of hydrogen-bond acceptors (Lipinski definition) is 5. The second kappa shape index (κ2) is 9.00. The molecule has 0 N–H and O–H groups in total. The zero-order valence-electron chi connectivity index (χ0n) is 16.8. The molecule has 3 aromatic carbocycles. The highest BCUT2D eigenvalue weighted by atomic mass is 32.2. The number of nitrogens with zero attached hydrogens (tertiary/aromatic N) is 1. The zero-order chi connectivity index (χ0) is 21.0. The summed E-state index contributed by atoms with van der Waals surface area (Å²) in [7, 11) is -3.84. The van der Waals surface area contributed by atoms with Crippen LogP contribution in [0, 0.1) is 0 Å². The minimum Gasteiger partial charge on any atom is -0.379 e. The summed E-state index contributed by atoms with van der Waals surface area (Å²) in [6.45, 7) is 4.52. The van der Waals surface area contributed by atoms with Crippen LogP contribution in [0.3, 0.4) is 0 Å². The van der Waals surface area contributed by atoms with Crippen molar-refractivity contribution in [3.8, 4) is 5.75 Å². The number of morpholine rings is 1. The van der Waals surface area contributed by atoms with Gasteiger partial charge < -0.3 is 8.92 Å². The van der Waals surface area contributed by atoms with Gasteiger partial charge in [-0.15, -0.1) is 0 Å². The minimum absolute atomic E-state index is 0.0651. The molecule has 5 nitrogen and oxygen atoms in total. The summed E-state index contributed by atoms with van der Waals surface area (Å²) in [5.41, 5.74) is 2.29. The molecule has 4 rings (SSSR count). The first-order chi connectivity index (χ1) is 14.5. The molecule has 1 fully saturated rings. The van der Waals surface area contributed by atoms with Crippen LogP contribution in [0.5, 0.6) is 5.75 Å². The molecule has 1 aliphatic rings. The smallest absolute Gasteiger partial charge is 0.339 e. The lowest BCUT2D eigenvalue weighted by molar-refractivity contribution is -0.0431. The van der Waals surface area contributed by atoms with Crippen LogP contribution in [-0.2, 0) is 14.9 Å². The van der Waals surface area contributed by atoms with E-state index in [9.17, 15) is 8.42 Å². The van der Waals surface area contributed by atoms with E-state index in [1.54, 1.807) is 30.3 Å². The molecule has 0 radical (unpaired) electrons. The fourth-order valence-electron chi connectivity index (χ4n) is 3.66. The highest BCUT2D eigenvalue weighted by Crippen LogP contribution is 2.30. The summed E-state index contributed by atoms with van der Waals surface area (Å²) in [5.74, 6) is 0.285. The Bertz CT molecular complexity index is 1050. The summed E-state index contributed by atoms with van der Waals surface area (Å²) in [5, 5.41) is 0. The maximum atomic E-state index is 12.4. The highest BCUT2D eigenvalue weighted by Gasteiger charge is 2.26. The van der Waals surface area contributed by atoms with Gasteiger partial charge in [-0.05, 0) is 42.3 Å². The van der Waals surface area contributed by atoms with E-state index in [1.807, 2.05) is 18.2 Å². The van der Waals surface area contributed by atoms with E-state index < -0.39 is 10.1 Å². The lowest BCUT2D eigenvalue weighted by atomic mass is 10.0. The van der Waals surface area contributed by atoms with Crippen LogP contribution in [0.2, 0.25) is 0 Å². The van der Waals surface area contributed by atoms with Gasteiger partial charge in [0.25, 0.3) is 0 Å². The predicted octanol–water partition coefficient (Wildman–Crippen LogP) is 4.59. The van der Waals surface area contributed by atoms with Crippen LogP contribution in [0.25, 0.3) is 0 Å². The topological polar surface area (TPSA) is 55.8 Å². The SMILES string of the molecule is C[C@@H](c1ccccc1)N1CCO[C@H](c2ccc(OS(=O)(=O)c3ccccc3)cc2)C1. The third kappa shape index (κ3) is 4.73. The van der Waals surface area contributed by atoms with Crippen LogP contribution in [0.15, 0.2) is 89.8 Å². The second-order valence-electron chi connectivity index (χ2n) is 7.36. The molecule has 30 heavy (non-hydrogen) atoms. The van der Waals surface area contributed by atoms with E-state index in [0.717, 1.165) is 18.7 Å². The molecule has 0 aromatic heterocycles. The van der Waals surface area contributed by atoms with Gasteiger partial charge in [-0.25, -0.2) is 0 Å². The van der Waals surface area contributed by atoms with Crippen LogP contribution >= 0.6 is 0 Å². The third-order valence-electron chi connectivity index (χ3n) is 5.42. The lowest BCUT2D eigenvalue weighted by Gasteiger charge is -2.37. The van der Waals surface area contributed by atoms with Gasteiger partial charge in [0.05, 0.1) is 12.7 Å². The van der Waals surface area contributed by atoms with Gasteiger partial charge in [-0.1, -0.05) is 60.7 Å². The van der Waals surface area contributed by atoms with Gasteiger partial charge in [-0.3, -0.25) is 4.90 Å². The first-order valence-corrected chi connectivity index (χ1v) is 11.4. The number of rotatable bonds is 6. The van der Waals surface area contributed by atoms with Crippen molar-refractivity contribution in [1.29, 1.82) is 0 Å². The number of ether oxygens (including phenoxy) is 1. The van der Waals surface area contributed by atoms with E-state index in [1.165, 1.54) is 17.7 Å². The summed E-state index contributed by atoms with van der Waals surface area (Å²) in [6.07, 6.45) is -0.0651. The average molecular weight is 424 g/mol. The number of benzene rings is 3. The Balaban J connectivity index is 1.43. The van der Waals surface area contributed by atoms with Crippen molar-refractivity contribution in [3.05, 3.63) is 96.1 Å². The molecule has 1 aliphatic heterocycles. The van der Waals surface area contributed by atoms with Gasteiger partial charge in [0.15, 0.2) is 0 Å². The molecule has 1 heterocycles. The Morgan fingerprint density at radius 3 is 2.23 bits per heavy atom. The third-order valence-corrected chi connectivity index (χ3v) is 6.68. The molecule has 0 amide bonds. The summed E-state index contributed by atoms with van der Waals surface area (Å²) in [6, 6.07) is 26.0. The van der Waals surface area contributed by atoms with Crippen molar-refractivity contribution in [3.63, 3.8) is 0 Å². The van der Waals surface area contributed by atoms with E-state index in [4.69, 9.17) is 8.92 Å². The van der Waals surface area contributed by atoms with Gasteiger partial charge in [0, 0.05) is 19.1 Å². The fourth-order valence-corrected chi connectivity index (χ4v) is 4.62. The predicted molar refractivity (Wildman–Crippen MR) is 116 cm³/mol. The molecule has 0 unspecified atom stereocenters. The molecule has 6 heteroatoms. The van der Waals surface area contributed by atoms with Gasteiger partial charge in [-0.2, -0.15) is 8.42 Å². The van der Waals surface area contributed by atoms with Gasteiger partial charge in [0.2, 0.25) is 0 Å². The Labute approximate surface area is 178 Å². The van der Waals surface area contributed by atoms with E-state index >= 15 is 0 Å². The van der Waals surface area contributed by atoms with Crippen molar-refractivity contribution in [1.82, 2.24) is 4.90 Å². The molecule has 0 saturated carbocycles. The normalized spacial score (nSPS) is 18.6. The van der Waals surface area contributed by atoms with E-state index in [2.05, 4.69) is 36.1 Å². The fraction of sp³-hybridized carbons (Fsp3) is 0.250. The van der Waals surface area contributed by atoms with E-state index in [0.29, 0.717) is 12.6 Å². The van der Waals surface area contributed by atoms with Gasteiger partial charge in [0.1, 0.15) is 10.6 Å². The largest absolute Gasteiger partial charge is 0.379 e. The molecule has 0 bridgehead atoms. The molecule has 0 spiro atoms. The molecule has 1 saturated heterocycles. The standard InChI is InChI=1S/C24H25NO4S/c1-19(20-8-4-2-5-9-20)25-16-17-28-24(18-25)21-12-14-22(15-13-21)29-30(26,27)23-10-6-3-7-11-23/h2-15,19,24H,16-18H2,1H3/t19-,24-/m0/s1. The molecular weight excluding hydrogens is 398 g/mol. The zero-order valence-corrected chi connectivity index (χ0v) is 17.7. The first kappa shape index (κ1) is 20.6. The Kier molecular flexibility index (Phi) is 6.18. The van der Waals surface area contributed by atoms with Crippen molar-refractivity contribution in [2.75, 3.05) is 19.7 Å². The second-order valence-corrected chi connectivity index (χ2v) is 8.91. The van der Waals surface area contributed by atoms with E-state index in [-0.39, 0.29) is 16.7 Å². The number of hydrogen-bond donors (Lipinski definition) is 0. The monoisotopic (exact) mass is 423 g/mol. The Hall–Kier alpha value is -2.67. The maximum absolute atomic E-state index is 12.4. The summed E-state index contributed by atoms with van der Waals surface area (Å²) < 4.78 is 36.0. The molecule has 3 aromatic rings. The molecule has 2 atom stereocenters. The van der Waals surface area contributed by atoms with Crippen molar-refractivity contribution in [2.45, 2.75) is 24.0 Å².